The maximum absolute atomic E-state index is 5.65. The number of nitrogens with zero attached hydrogens (tertiary/aromatic N) is 3. The van der Waals surface area contributed by atoms with Gasteiger partial charge in [0, 0.05) is 37.6 Å². The molecule has 0 spiro atoms. The van der Waals surface area contributed by atoms with Gasteiger partial charge in [-0.2, -0.15) is 4.37 Å². The minimum absolute atomic E-state index is 0.689. The van der Waals surface area contributed by atoms with Crippen LogP contribution in [-0.2, 0) is 0 Å². The summed E-state index contributed by atoms with van der Waals surface area (Å²) in [4.78, 5) is 4.52. The van der Waals surface area contributed by atoms with Crippen LogP contribution in [0.5, 0.6) is 11.5 Å². The van der Waals surface area contributed by atoms with E-state index < -0.39 is 0 Å². The molecule has 3 aromatic rings. The first-order valence-corrected chi connectivity index (χ1v) is 10.2. The number of benzene rings is 2. The molecule has 2 heterocycles. The first-order valence-electron chi connectivity index (χ1n) is 9.07. The fraction of sp³-hybridized carbons (Fsp3) is 0.300. The number of piperazine rings is 1. The normalized spacial score (nSPS) is 14.2. The van der Waals surface area contributed by atoms with E-state index >= 15 is 0 Å². The van der Waals surface area contributed by atoms with Gasteiger partial charge in [-0.15, -0.1) is 0 Å². The molecule has 0 saturated carbocycles. The summed E-state index contributed by atoms with van der Waals surface area (Å²) in [5.74, 6) is 2.57. The van der Waals surface area contributed by atoms with E-state index in [9.17, 15) is 0 Å². The third-order valence-electron chi connectivity index (χ3n) is 4.87. The van der Waals surface area contributed by atoms with Crippen LogP contribution in [0, 0.1) is 0 Å². The van der Waals surface area contributed by atoms with Crippen LogP contribution in [0.4, 0.5) is 11.5 Å². The van der Waals surface area contributed by atoms with E-state index in [4.69, 9.17) is 21.7 Å². The highest BCUT2D eigenvalue weighted by Gasteiger charge is 2.22. The summed E-state index contributed by atoms with van der Waals surface area (Å²) in [6.07, 6.45) is 0. The minimum Gasteiger partial charge on any atom is -0.497 e. The van der Waals surface area contributed by atoms with Crippen molar-refractivity contribution in [2.24, 2.45) is 0 Å². The lowest BCUT2D eigenvalue weighted by Gasteiger charge is -2.36. The van der Waals surface area contributed by atoms with Gasteiger partial charge in [-0.25, -0.2) is 0 Å². The third kappa shape index (κ3) is 3.70. The highest BCUT2D eigenvalue weighted by Crippen LogP contribution is 2.31. The number of thiocarbonyl (C=S) groups is 1. The summed E-state index contributed by atoms with van der Waals surface area (Å²) in [7, 11) is 3.29. The van der Waals surface area contributed by atoms with Crippen molar-refractivity contribution < 1.29 is 9.47 Å². The average Bonchev–Trinajstić information content (AvgIpc) is 3.18. The van der Waals surface area contributed by atoms with E-state index in [-0.39, 0.29) is 0 Å². The molecule has 0 bridgehead atoms. The van der Waals surface area contributed by atoms with E-state index in [1.165, 1.54) is 10.1 Å². The van der Waals surface area contributed by atoms with Gasteiger partial charge in [-0.1, -0.05) is 12.1 Å². The molecule has 0 aliphatic carbocycles. The molecule has 1 aliphatic heterocycles. The summed E-state index contributed by atoms with van der Waals surface area (Å²) < 4.78 is 16.6. The number of aromatic nitrogens is 1. The van der Waals surface area contributed by atoms with Gasteiger partial charge in [-0.05, 0) is 48.0 Å². The fourth-order valence-electron chi connectivity index (χ4n) is 3.33. The molecule has 146 valence electrons. The van der Waals surface area contributed by atoms with E-state index in [1.54, 1.807) is 25.8 Å². The minimum atomic E-state index is 0.689. The second-order valence-electron chi connectivity index (χ2n) is 6.47. The molecule has 8 heteroatoms. The number of hydrogen-bond donors (Lipinski definition) is 1. The Hall–Kier alpha value is -2.58. The summed E-state index contributed by atoms with van der Waals surface area (Å²) in [5.41, 5.74) is 0.805. The average molecular weight is 415 g/mol. The van der Waals surface area contributed by atoms with Gasteiger partial charge in [0.15, 0.2) is 5.11 Å². The predicted octanol–water partition coefficient (Wildman–Crippen LogP) is 3.83. The van der Waals surface area contributed by atoms with Gasteiger partial charge >= 0.3 is 0 Å². The molecule has 0 unspecified atom stereocenters. The first-order chi connectivity index (χ1) is 13.7. The Labute approximate surface area is 173 Å². The lowest BCUT2D eigenvalue weighted by molar-refractivity contribution is 0.389. The van der Waals surface area contributed by atoms with E-state index in [0.29, 0.717) is 5.11 Å². The Morgan fingerprint density at radius 1 is 1.07 bits per heavy atom. The lowest BCUT2D eigenvalue weighted by atomic mass is 10.2. The molecule has 0 radical (unpaired) electrons. The van der Waals surface area contributed by atoms with Crippen LogP contribution in [0.15, 0.2) is 42.5 Å². The van der Waals surface area contributed by atoms with Crippen LogP contribution in [0.25, 0.3) is 10.1 Å². The largest absolute Gasteiger partial charge is 0.497 e. The van der Waals surface area contributed by atoms with Crippen molar-refractivity contribution >= 4 is 50.5 Å². The van der Waals surface area contributed by atoms with Crippen LogP contribution >= 0.6 is 23.8 Å². The maximum Gasteiger partial charge on any atom is 0.173 e. The Morgan fingerprint density at radius 3 is 2.61 bits per heavy atom. The van der Waals surface area contributed by atoms with Crippen molar-refractivity contribution in [3.8, 4) is 11.5 Å². The number of methoxy groups -OCH3 is 2. The van der Waals surface area contributed by atoms with Gasteiger partial charge in [-0.3, -0.25) is 0 Å². The highest BCUT2D eigenvalue weighted by atomic mass is 32.1. The zero-order valence-electron chi connectivity index (χ0n) is 15.8. The molecule has 1 fully saturated rings. The molecule has 4 rings (SSSR count). The Balaban J connectivity index is 1.42. The zero-order valence-corrected chi connectivity index (χ0v) is 17.5. The van der Waals surface area contributed by atoms with Crippen molar-refractivity contribution in [1.82, 2.24) is 9.27 Å². The zero-order chi connectivity index (χ0) is 19.5. The standard InChI is InChI=1S/C20H22N4O2S2/c1-25-14-7-8-17(26-2)16(13-14)21-20(27)24-11-9-23(10-12-24)19-15-5-3-4-6-18(15)28-22-19/h3-8,13H,9-12H2,1-2H3,(H,21,27). The number of rotatable bonds is 4. The molecule has 1 aromatic heterocycles. The molecule has 0 atom stereocenters. The van der Waals surface area contributed by atoms with Crippen LogP contribution in [0.3, 0.4) is 0 Å². The maximum atomic E-state index is 5.65. The summed E-state index contributed by atoms with van der Waals surface area (Å²) in [5, 5.41) is 5.22. The smallest absolute Gasteiger partial charge is 0.173 e. The molecule has 2 aromatic carbocycles. The highest BCUT2D eigenvalue weighted by molar-refractivity contribution is 7.80. The molecule has 1 saturated heterocycles. The van der Waals surface area contributed by atoms with Crippen molar-refractivity contribution in [3.63, 3.8) is 0 Å². The van der Waals surface area contributed by atoms with Gasteiger partial charge in [0.05, 0.1) is 24.6 Å². The van der Waals surface area contributed by atoms with Crippen LogP contribution < -0.4 is 19.7 Å². The van der Waals surface area contributed by atoms with E-state index in [2.05, 4.69) is 43.8 Å². The number of anilines is 2. The van der Waals surface area contributed by atoms with E-state index in [1.807, 2.05) is 18.2 Å². The monoisotopic (exact) mass is 414 g/mol. The van der Waals surface area contributed by atoms with Gasteiger partial charge < -0.3 is 24.6 Å². The molecule has 28 heavy (non-hydrogen) atoms. The SMILES string of the molecule is COc1ccc(OC)c(NC(=S)N2CCN(c3nsc4ccccc34)CC2)c1. The summed E-state index contributed by atoms with van der Waals surface area (Å²) in [6, 6.07) is 14.0. The van der Waals surface area contributed by atoms with Crippen molar-refractivity contribution in [1.29, 1.82) is 0 Å². The molecular formula is C20H22N4O2S2. The fourth-order valence-corrected chi connectivity index (χ4v) is 4.42. The molecule has 1 aliphatic rings. The predicted molar refractivity (Wildman–Crippen MR) is 119 cm³/mol. The van der Waals surface area contributed by atoms with Gasteiger partial charge in [0.25, 0.3) is 0 Å². The molecular weight excluding hydrogens is 392 g/mol. The Morgan fingerprint density at radius 2 is 1.86 bits per heavy atom. The topological polar surface area (TPSA) is 49.9 Å². The summed E-state index contributed by atoms with van der Waals surface area (Å²) in [6.45, 7) is 3.43. The number of nitrogens with one attached hydrogen (secondary N) is 1. The van der Waals surface area contributed by atoms with Crippen molar-refractivity contribution in [2.45, 2.75) is 0 Å². The van der Waals surface area contributed by atoms with Crippen molar-refractivity contribution in [2.75, 3.05) is 50.6 Å². The number of ether oxygens (including phenoxy) is 2. The van der Waals surface area contributed by atoms with Crippen LogP contribution in [-0.4, -0.2) is 54.8 Å². The lowest BCUT2D eigenvalue weighted by Crippen LogP contribution is -2.50. The third-order valence-corrected chi connectivity index (χ3v) is 6.05. The van der Waals surface area contributed by atoms with E-state index in [0.717, 1.165) is 49.2 Å². The summed E-state index contributed by atoms with van der Waals surface area (Å²) >= 11 is 7.20. The number of fused-ring (bicyclic) bond motifs is 1. The Bertz CT molecular complexity index is 983. The second-order valence-corrected chi connectivity index (χ2v) is 7.66. The van der Waals surface area contributed by atoms with Gasteiger partial charge in [0.1, 0.15) is 17.3 Å². The van der Waals surface area contributed by atoms with Crippen LogP contribution in [0.1, 0.15) is 0 Å². The number of hydrogen-bond acceptors (Lipinski definition) is 6. The molecule has 1 N–H and O–H groups in total. The van der Waals surface area contributed by atoms with Crippen molar-refractivity contribution in [3.05, 3.63) is 42.5 Å². The first kappa shape index (κ1) is 18.8. The quantitative estimate of drug-likeness (QED) is 0.651. The van der Waals surface area contributed by atoms with Crippen LogP contribution in [0.2, 0.25) is 0 Å². The Kier molecular flexibility index (Phi) is 5.50. The second kappa shape index (κ2) is 8.20. The molecule has 0 amide bonds. The van der Waals surface area contributed by atoms with Gasteiger partial charge in [0.2, 0.25) is 0 Å². The molecule has 6 nitrogen and oxygen atoms in total.